The summed E-state index contributed by atoms with van der Waals surface area (Å²) >= 11 is 0. The van der Waals surface area contributed by atoms with Crippen molar-refractivity contribution in [3.63, 3.8) is 0 Å². The second-order valence-corrected chi connectivity index (χ2v) is 8.62. The Hall–Kier alpha value is -2.28. The summed E-state index contributed by atoms with van der Waals surface area (Å²) < 4.78 is 10.8. The van der Waals surface area contributed by atoms with Crippen LogP contribution in [0.1, 0.15) is 31.2 Å². The first-order valence-corrected chi connectivity index (χ1v) is 10.9. The molecule has 7 nitrogen and oxygen atoms in total. The number of piperidine rings is 1. The SMILES string of the molecule is O=C(C1CC1C(=O)N1CCN(Cc2ccc3c(c2)OCO3)CC1)N1CCCCC1. The molecule has 2 unspecified atom stereocenters. The zero-order chi connectivity index (χ0) is 19.8. The van der Waals surface area contributed by atoms with Crippen LogP contribution in [0.4, 0.5) is 0 Å². The van der Waals surface area contributed by atoms with Gasteiger partial charge in [-0.25, -0.2) is 0 Å². The van der Waals surface area contributed by atoms with Crippen molar-refractivity contribution < 1.29 is 19.1 Å². The van der Waals surface area contributed by atoms with E-state index >= 15 is 0 Å². The van der Waals surface area contributed by atoms with Gasteiger partial charge in [0.25, 0.3) is 0 Å². The number of nitrogens with zero attached hydrogens (tertiary/aromatic N) is 3. The molecule has 3 aliphatic heterocycles. The Morgan fingerprint density at radius 3 is 2.21 bits per heavy atom. The van der Waals surface area contributed by atoms with E-state index in [0.29, 0.717) is 6.79 Å². The highest BCUT2D eigenvalue weighted by molar-refractivity contribution is 5.92. The molecule has 4 aliphatic rings. The fraction of sp³-hybridized carbons (Fsp3) is 0.636. The topological polar surface area (TPSA) is 62.3 Å². The predicted octanol–water partition coefficient (Wildman–Crippen LogP) is 1.71. The Morgan fingerprint density at radius 2 is 1.48 bits per heavy atom. The molecule has 1 aliphatic carbocycles. The summed E-state index contributed by atoms with van der Waals surface area (Å²) in [7, 11) is 0. The first kappa shape index (κ1) is 18.7. The second kappa shape index (κ2) is 7.86. The molecule has 0 radical (unpaired) electrons. The van der Waals surface area contributed by atoms with E-state index in [1.54, 1.807) is 0 Å². The fourth-order valence-corrected chi connectivity index (χ4v) is 4.75. The highest BCUT2D eigenvalue weighted by Crippen LogP contribution is 2.42. The zero-order valence-corrected chi connectivity index (χ0v) is 16.8. The molecule has 2 atom stereocenters. The summed E-state index contributed by atoms with van der Waals surface area (Å²) in [5, 5.41) is 0. The molecule has 2 amide bonds. The monoisotopic (exact) mass is 399 g/mol. The van der Waals surface area contributed by atoms with Gasteiger partial charge in [0.2, 0.25) is 18.6 Å². The summed E-state index contributed by atoms with van der Waals surface area (Å²) in [5.41, 5.74) is 1.20. The van der Waals surface area contributed by atoms with Crippen LogP contribution in [0.15, 0.2) is 18.2 Å². The Bertz CT molecular complexity index is 784. The van der Waals surface area contributed by atoms with Gasteiger partial charge in [0.15, 0.2) is 11.5 Å². The van der Waals surface area contributed by atoms with E-state index in [1.807, 2.05) is 21.9 Å². The van der Waals surface area contributed by atoms with Crippen molar-refractivity contribution in [2.45, 2.75) is 32.2 Å². The van der Waals surface area contributed by atoms with E-state index < -0.39 is 0 Å². The molecule has 0 spiro atoms. The molecule has 1 saturated carbocycles. The van der Waals surface area contributed by atoms with Crippen LogP contribution in [0.25, 0.3) is 0 Å². The van der Waals surface area contributed by atoms with Crippen LogP contribution >= 0.6 is 0 Å². The molecule has 5 rings (SSSR count). The second-order valence-electron chi connectivity index (χ2n) is 8.62. The normalized spacial score (nSPS) is 26.5. The van der Waals surface area contributed by atoms with Gasteiger partial charge in [-0.3, -0.25) is 14.5 Å². The molecular formula is C22H29N3O4. The third-order valence-electron chi connectivity index (χ3n) is 6.62. The van der Waals surface area contributed by atoms with Crippen LogP contribution in [0.3, 0.4) is 0 Å². The molecule has 0 bridgehead atoms. The molecule has 0 aromatic heterocycles. The highest BCUT2D eigenvalue weighted by atomic mass is 16.7. The van der Waals surface area contributed by atoms with E-state index in [-0.39, 0.29) is 23.7 Å². The Labute approximate surface area is 171 Å². The van der Waals surface area contributed by atoms with Crippen molar-refractivity contribution in [2.24, 2.45) is 11.8 Å². The number of amides is 2. The number of ether oxygens (including phenoxy) is 2. The Balaban J connectivity index is 1.09. The third kappa shape index (κ3) is 3.92. The number of carbonyl (C=O) groups excluding carboxylic acids is 2. The minimum Gasteiger partial charge on any atom is -0.454 e. The van der Waals surface area contributed by atoms with Crippen molar-refractivity contribution in [3.8, 4) is 11.5 Å². The van der Waals surface area contributed by atoms with E-state index in [9.17, 15) is 9.59 Å². The Kier molecular flexibility index (Phi) is 5.08. The lowest BCUT2D eigenvalue weighted by molar-refractivity contribution is -0.139. The molecule has 29 heavy (non-hydrogen) atoms. The maximum atomic E-state index is 12.9. The van der Waals surface area contributed by atoms with Gasteiger partial charge in [-0.05, 0) is 43.4 Å². The molecule has 3 heterocycles. The molecule has 1 aromatic carbocycles. The maximum absolute atomic E-state index is 12.9. The van der Waals surface area contributed by atoms with Crippen molar-refractivity contribution in [3.05, 3.63) is 23.8 Å². The van der Waals surface area contributed by atoms with Gasteiger partial charge >= 0.3 is 0 Å². The number of likely N-dealkylation sites (tertiary alicyclic amines) is 1. The van der Waals surface area contributed by atoms with E-state index in [4.69, 9.17) is 9.47 Å². The van der Waals surface area contributed by atoms with E-state index in [2.05, 4.69) is 11.0 Å². The Morgan fingerprint density at radius 1 is 0.828 bits per heavy atom. The molecule has 156 valence electrons. The number of piperazine rings is 1. The average Bonchev–Trinajstić information content (AvgIpc) is 3.43. The van der Waals surface area contributed by atoms with Crippen LogP contribution in [-0.4, -0.2) is 72.6 Å². The number of rotatable bonds is 4. The first-order chi connectivity index (χ1) is 14.2. The van der Waals surface area contributed by atoms with Crippen molar-refractivity contribution in [1.29, 1.82) is 0 Å². The van der Waals surface area contributed by atoms with Gasteiger partial charge in [-0.1, -0.05) is 6.07 Å². The van der Waals surface area contributed by atoms with Gasteiger partial charge in [0.1, 0.15) is 0 Å². The van der Waals surface area contributed by atoms with Gasteiger partial charge in [-0.2, -0.15) is 0 Å². The molecule has 3 fully saturated rings. The smallest absolute Gasteiger partial charge is 0.231 e. The lowest BCUT2D eigenvalue weighted by atomic mass is 10.1. The summed E-state index contributed by atoms with van der Waals surface area (Å²) in [5.74, 6) is 1.88. The van der Waals surface area contributed by atoms with Crippen LogP contribution < -0.4 is 9.47 Å². The molecular weight excluding hydrogens is 370 g/mol. The van der Waals surface area contributed by atoms with Crippen molar-refractivity contribution in [2.75, 3.05) is 46.1 Å². The van der Waals surface area contributed by atoms with E-state index in [1.165, 1.54) is 12.0 Å². The fourth-order valence-electron chi connectivity index (χ4n) is 4.75. The largest absolute Gasteiger partial charge is 0.454 e. The van der Waals surface area contributed by atoms with Gasteiger partial charge in [0.05, 0.1) is 11.8 Å². The minimum absolute atomic E-state index is 0.0627. The van der Waals surface area contributed by atoms with Crippen LogP contribution in [0, 0.1) is 11.8 Å². The average molecular weight is 399 g/mol. The quantitative estimate of drug-likeness (QED) is 0.771. The first-order valence-electron chi connectivity index (χ1n) is 10.9. The highest BCUT2D eigenvalue weighted by Gasteiger charge is 2.51. The number of hydrogen-bond acceptors (Lipinski definition) is 5. The number of hydrogen-bond donors (Lipinski definition) is 0. The lowest BCUT2D eigenvalue weighted by Crippen LogP contribution is -2.49. The molecule has 2 saturated heterocycles. The van der Waals surface area contributed by atoms with Gasteiger partial charge < -0.3 is 19.3 Å². The standard InChI is InChI=1S/C22H29N3O4/c26-21(24-6-2-1-3-7-24)17-13-18(17)22(27)25-10-8-23(9-11-25)14-16-4-5-19-20(12-16)29-15-28-19/h4-5,12,17-18H,1-3,6-11,13-15H2. The minimum atomic E-state index is -0.0789. The molecule has 0 N–H and O–H groups in total. The van der Waals surface area contributed by atoms with Crippen LogP contribution in [0.5, 0.6) is 11.5 Å². The van der Waals surface area contributed by atoms with Crippen molar-refractivity contribution in [1.82, 2.24) is 14.7 Å². The van der Waals surface area contributed by atoms with E-state index in [0.717, 1.165) is 76.6 Å². The molecule has 7 heteroatoms. The van der Waals surface area contributed by atoms with Gasteiger partial charge in [-0.15, -0.1) is 0 Å². The van der Waals surface area contributed by atoms with Crippen LogP contribution in [-0.2, 0) is 16.1 Å². The molecule has 1 aromatic rings. The zero-order valence-electron chi connectivity index (χ0n) is 16.8. The number of carbonyl (C=O) groups is 2. The van der Waals surface area contributed by atoms with Gasteiger partial charge in [0, 0.05) is 45.8 Å². The third-order valence-corrected chi connectivity index (χ3v) is 6.62. The van der Waals surface area contributed by atoms with Crippen molar-refractivity contribution >= 4 is 11.8 Å². The number of fused-ring (bicyclic) bond motifs is 1. The maximum Gasteiger partial charge on any atom is 0.231 e. The number of benzene rings is 1. The van der Waals surface area contributed by atoms with Crippen LogP contribution in [0.2, 0.25) is 0 Å². The predicted molar refractivity (Wildman–Crippen MR) is 106 cm³/mol. The summed E-state index contributed by atoms with van der Waals surface area (Å²) in [6.45, 7) is 6.08. The summed E-state index contributed by atoms with van der Waals surface area (Å²) in [4.78, 5) is 31.8. The summed E-state index contributed by atoms with van der Waals surface area (Å²) in [6, 6.07) is 6.08. The lowest BCUT2D eigenvalue weighted by Gasteiger charge is -2.35. The summed E-state index contributed by atoms with van der Waals surface area (Å²) in [6.07, 6.45) is 4.16.